The largest absolute Gasteiger partial charge is 0.365 e. The lowest BCUT2D eigenvalue weighted by Gasteiger charge is -2.24. The average molecular weight is 399 g/mol. The summed E-state index contributed by atoms with van der Waals surface area (Å²) in [6.07, 6.45) is -0.293. The van der Waals surface area contributed by atoms with Crippen LogP contribution >= 0.6 is 0 Å². The highest BCUT2D eigenvalue weighted by Crippen LogP contribution is 2.31. The molecule has 0 fully saturated rings. The molecule has 0 radical (unpaired) electrons. The number of nitrogens with zero attached hydrogens (tertiary/aromatic N) is 5. The molecule has 7 nitrogen and oxygen atoms in total. The first kappa shape index (κ1) is 17.6. The SMILES string of the molecule is Fc1ccc([C@@H]2Cn3nnc(-c4nc(-c5ccc(F)c(F)c5)no4)c3CO2)cc1. The predicted molar refractivity (Wildman–Crippen MR) is 92.6 cm³/mol. The molecule has 4 aromatic rings. The molecule has 10 heteroatoms. The molecular formula is C19H12F3N5O2. The van der Waals surface area contributed by atoms with Crippen molar-refractivity contribution in [3.05, 3.63) is 71.2 Å². The first-order valence-electron chi connectivity index (χ1n) is 8.67. The summed E-state index contributed by atoms with van der Waals surface area (Å²) in [6, 6.07) is 9.40. The molecule has 2 aromatic carbocycles. The molecule has 29 heavy (non-hydrogen) atoms. The minimum Gasteiger partial charge on any atom is -0.365 e. The quantitative estimate of drug-likeness (QED) is 0.523. The molecule has 146 valence electrons. The zero-order chi connectivity index (χ0) is 20.0. The number of hydrogen-bond acceptors (Lipinski definition) is 6. The number of ether oxygens (including phenoxy) is 1. The van der Waals surface area contributed by atoms with Crippen LogP contribution in [-0.2, 0) is 17.9 Å². The fourth-order valence-electron chi connectivity index (χ4n) is 3.13. The maximum Gasteiger partial charge on any atom is 0.280 e. The second kappa shape index (κ2) is 6.82. The van der Waals surface area contributed by atoms with Crippen LogP contribution in [0.5, 0.6) is 0 Å². The molecule has 0 saturated carbocycles. The van der Waals surface area contributed by atoms with E-state index in [4.69, 9.17) is 9.26 Å². The van der Waals surface area contributed by atoms with E-state index >= 15 is 0 Å². The lowest BCUT2D eigenvalue weighted by molar-refractivity contribution is -0.00120. The molecule has 5 rings (SSSR count). The molecule has 0 unspecified atom stereocenters. The number of aromatic nitrogens is 5. The topological polar surface area (TPSA) is 78.9 Å². The Morgan fingerprint density at radius 1 is 1.00 bits per heavy atom. The van der Waals surface area contributed by atoms with E-state index in [2.05, 4.69) is 20.5 Å². The van der Waals surface area contributed by atoms with Crippen molar-refractivity contribution in [2.75, 3.05) is 0 Å². The summed E-state index contributed by atoms with van der Waals surface area (Å²) in [4.78, 5) is 4.21. The Morgan fingerprint density at radius 3 is 2.62 bits per heavy atom. The lowest BCUT2D eigenvalue weighted by atomic mass is 10.1. The van der Waals surface area contributed by atoms with Gasteiger partial charge < -0.3 is 9.26 Å². The Balaban J connectivity index is 1.41. The number of rotatable bonds is 3. The highest BCUT2D eigenvalue weighted by molar-refractivity contribution is 5.58. The summed E-state index contributed by atoms with van der Waals surface area (Å²) in [5.74, 6) is -2.09. The molecule has 1 aliphatic heterocycles. The predicted octanol–water partition coefficient (Wildman–Crippen LogP) is 3.68. The smallest absolute Gasteiger partial charge is 0.280 e. The third-order valence-corrected chi connectivity index (χ3v) is 4.65. The Labute approximate surface area is 161 Å². The molecule has 1 aliphatic rings. The van der Waals surface area contributed by atoms with Gasteiger partial charge in [0.25, 0.3) is 5.89 Å². The summed E-state index contributed by atoms with van der Waals surface area (Å²) in [7, 11) is 0. The molecular weight excluding hydrogens is 387 g/mol. The number of benzene rings is 2. The van der Waals surface area contributed by atoms with Gasteiger partial charge in [-0.3, -0.25) is 0 Å². The van der Waals surface area contributed by atoms with Gasteiger partial charge in [-0.1, -0.05) is 22.5 Å². The standard InChI is InChI=1S/C19H12F3N5O2/c20-12-4-1-10(2-5-12)16-8-27-15(9-28-16)17(24-26-27)19-23-18(25-29-19)11-3-6-13(21)14(22)7-11/h1-7,16H,8-9H2/t16-/m0/s1. The van der Waals surface area contributed by atoms with Gasteiger partial charge in [0.15, 0.2) is 17.3 Å². The average Bonchev–Trinajstić information content (AvgIpc) is 3.37. The van der Waals surface area contributed by atoms with Crippen molar-refractivity contribution >= 4 is 0 Å². The van der Waals surface area contributed by atoms with E-state index in [1.165, 1.54) is 18.2 Å². The van der Waals surface area contributed by atoms with Crippen molar-refractivity contribution in [1.82, 2.24) is 25.1 Å². The Kier molecular flexibility index (Phi) is 4.13. The molecule has 0 spiro atoms. The molecule has 1 atom stereocenters. The second-order valence-corrected chi connectivity index (χ2v) is 6.47. The van der Waals surface area contributed by atoms with Gasteiger partial charge in [0.05, 0.1) is 18.8 Å². The van der Waals surface area contributed by atoms with Crippen molar-refractivity contribution in [2.45, 2.75) is 19.3 Å². The van der Waals surface area contributed by atoms with Gasteiger partial charge in [-0.15, -0.1) is 5.10 Å². The first-order valence-corrected chi connectivity index (χ1v) is 8.67. The minimum atomic E-state index is -1.00. The van der Waals surface area contributed by atoms with Gasteiger partial charge in [0.1, 0.15) is 11.9 Å². The molecule has 0 amide bonds. The fourth-order valence-corrected chi connectivity index (χ4v) is 3.13. The minimum absolute atomic E-state index is 0.0924. The van der Waals surface area contributed by atoms with E-state index in [-0.39, 0.29) is 35.8 Å². The third-order valence-electron chi connectivity index (χ3n) is 4.65. The molecule has 0 bridgehead atoms. The Morgan fingerprint density at radius 2 is 1.83 bits per heavy atom. The summed E-state index contributed by atoms with van der Waals surface area (Å²) < 4.78 is 52.4. The van der Waals surface area contributed by atoms with E-state index in [0.717, 1.165) is 17.7 Å². The van der Waals surface area contributed by atoms with Crippen LogP contribution in [0.3, 0.4) is 0 Å². The number of halogens is 3. The zero-order valence-electron chi connectivity index (χ0n) is 14.7. The van der Waals surface area contributed by atoms with Gasteiger partial charge >= 0.3 is 0 Å². The summed E-state index contributed by atoms with van der Waals surface area (Å²) in [5, 5.41) is 12.0. The molecule has 0 N–H and O–H groups in total. The van der Waals surface area contributed by atoms with E-state index in [1.54, 1.807) is 16.8 Å². The van der Waals surface area contributed by atoms with Crippen molar-refractivity contribution < 1.29 is 22.4 Å². The van der Waals surface area contributed by atoms with Crippen LogP contribution in [0.4, 0.5) is 13.2 Å². The zero-order valence-corrected chi connectivity index (χ0v) is 14.7. The van der Waals surface area contributed by atoms with Gasteiger partial charge in [-0.25, -0.2) is 17.9 Å². The van der Waals surface area contributed by atoms with Gasteiger partial charge in [0.2, 0.25) is 5.82 Å². The van der Waals surface area contributed by atoms with Gasteiger partial charge in [-0.05, 0) is 35.9 Å². The van der Waals surface area contributed by atoms with Gasteiger partial charge in [0, 0.05) is 5.56 Å². The Hall–Kier alpha value is -3.53. The number of hydrogen-bond donors (Lipinski definition) is 0. The summed E-state index contributed by atoms with van der Waals surface area (Å²) in [6.45, 7) is 0.575. The molecule has 2 aromatic heterocycles. The molecule has 3 heterocycles. The van der Waals surface area contributed by atoms with Crippen LogP contribution in [0.25, 0.3) is 23.0 Å². The maximum absolute atomic E-state index is 13.4. The van der Waals surface area contributed by atoms with Crippen LogP contribution < -0.4 is 0 Å². The third kappa shape index (κ3) is 3.17. The normalized spacial score (nSPS) is 16.0. The first-order chi connectivity index (χ1) is 14.1. The van der Waals surface area contributed by atoms with E-state index in [0.29, 0.717) is 17.9 Å². The van der Waals surface area contributed by atoms with Crippen LogP contribution in [0.1, 0.15) is 17.4 Å². The van der Waals surface area contributed by atoms with Crippen molar-refractivity contribution in [3.8, 4) is 23.0 Å². The summed E-state index contributed by atoms with van der Waals surface area (Å²) >= 11 is 0. The van der Waals surface area contributed by atoms with Crippen molar-refractivity contribution in [2.24, 2.45) is 0 Å². The van der Waals surface area contributed by atoms with Crippen molar-refractivity contribution in [1.29, 1.82) is 0 Å². The van der Waals surface area contributed by atoms with Crippen LogP contribution in [0, 0.1) is 17.5 Å². The highest BCUT2D eigenvalue weighted by atomic mass is 19.2. The van der Waals surface area contributed by atoms with Crippen LogP contribution in [-0.4, -0.2) is 25.1 Å². The summed E-state index contributed by atoms with van der Waals surface area (Å²) in [5.41, 5.74) is 2.09. The van der Waals surface area contributed by atoms with Gasteiger partial charge in [-0.2, -0.15) is 4.98 Å². The van der Waals surface area contributed by atoms with Crippen LogP contribution in [0.15, 0.2) is 47.0 Å². The van der Waals surface area contributed by atoms with E-state index in [9.17, 15) is 13.2 Å². The maximum atomic E-state index is 13.4. The van der Waals surface area contributed by atoms with Crippen LogP contribution in [0.2, 0.25) is 0 Å². The highest BCUT2D eigenvalue weighted by Gasteiger charge is 2.28. The second-order valence-electron chi connectivity index (χ2n) is 6.47. The van der Waals surface area contributed by atoms with E-state index in [1.807, 2.05) is 0 Å². The number of fused-ring (bicyclic) bond motifs is 1. The van der Waals surface area contributed by atoms with E-state index < -0.39 is 11.6 Å². The monoisotopic (exact) mass is 399 g/mol. The Bertz CT molecular complexity index is 1190. The molecule has 0 aliphatic carbocycles. The fraction of sp³-hybridized carbons (Fsp3) is 0.158. The lowest BCUT2D eigenvalue weighted by Crippen LogP contribution is -2.22. The van der Waals surface area contributed by atoms with Crippen molar-refractivity contribution in [3.63, 3.8) is 0 Å². The molecule has 0 saturated heterocycles.